The Bertz CT molecular complexity index is 725. The molecule has 2 amide bonds. The van der Waals surface area contributed by atoms with Crippen LogP contribution in [-0.4, -0.2) is 11.8 Å². The Morgan fingerprint density at radius 2 is 1.32 bits per heavy atom. The summed E-state index contributed by atoms with van der Waals surface area (Å²) in [4.78, 5) is 23.8. The summed E-state index contributed by atoms with van der Waals surface area (Å²) in [6.07, 6.45) is 0. The van der Waals surface area contributed by atoms with Crippen LogP contribution >= 0.6 is 23.2 Å². The molecule has 6 heteroatoms. The number of rotatable bonds is 2. The lowest BCUT2D eigenvalue weighted by Gasteiger charge is -2.08. The molecule has 2 rings (SSSR count). The number of benzene rings is 2. The van der Waals surface area contributed by atoms with E-state index in [0.717, 1.165) is 11.1 Å². The maximum atomic E-state index is 11.9. The molecular weight excluding hydrogens is 323 g/mol. The lowest BCUT2D eigenvalue weighted by Crippen LogP contribution is -2.29. The van der Waals surface area contributed by atoms with Crippen molar-refractivity contribution in [3.8, 4) is 0 Å². The van der Waals surface area contributed by atoms with Gasteiger partial charge >= 0.3 is 11.8 Å². The summed E-state index contributed by atoms with van der Waals surface area (Å²) in [5, 5.41) is 5.70. The van der Waals surface area contributed by atoms with Crippen LogP contribution in [0.25, 0.3) is 0 Å². The summed E-state index contributed by atoms with van der Waals surface area (Å²) in [6, 6.07) is 10.1. The standard InChI is InChI=1S/C16H14Cl2N2O2/c1-9-5-10(2)7-12(6-9)20-16(22)15(21)19-11-3-4-13(17)14(18)8-11/h3-8H,1-2H3,(H,19,21)(H,20,22). The molecule has 4 nitrogen and oxygen atoms in total. The molecule has 0 saturated heterocycles. The van der Waals surface area contributed by atoms with Crippen molar-refractivity contribution in [2.24, 2.45) is 0 Å². The Hall–Kier alpha value is -2.04. The number of carbonyl (C=O) groups excluding carboxylic acids is 2. The van der Waals surface area contributed by atoms with Crippen LogP contribution in [0, 0.1) is 13.8 Å². The largest absolute Gasteiger partial charge is 0.318 e. The van der Waals surface area contributed by atoms with E-state index < -0.39 is 11.8 Å². The number of aryl methyl sites for hydroxylation is 2. The molecular formula is C16H14Cl2N2O2. The van der Waals surface area contributed by atoms with Gasteiger partial charge in [-0.2, -0.15) is 0 Å². The second-order valence-corrected chi connectivity index (χ2v) is 5.73. The molecule has 2 aromatic rings. The Kier molecular flexibility index (Phi) is 5.06. The van der Waals surface area contributed by atoms with Crippen LogP contribution in [-0.2, 0) is 9.59 Å². The van der Waals surface area contributed by atoms with Crippen molar-refractivity contribution in [2.75, 3.05) is 10.6 Å². The molecule has 2 N–H and O–H groups in total. The van der Waals surface area contributed by atoms with Crippen LogP contribution in [0.4, 0.5) is 11.4 Å². The first-order chi connectivity index (χ1) is 10.3. The van der Waals surface area contributed by atoms with E-state index in [1.54, 1.807) is 24.3 Å². The summed E-state index contributed by atoms with van der Waals surface area (Å²) in [5.41, 5.74) is 2.97. The zero-order chi connectivity index (χ0) is 16.3. The maximum Gasteiger partial charge on any atom is 0.314 e. The number of carbonyl (C=O) groups is 2. The summed E-state index contributed by atoms with van der Waals surface area (Å²) >= 11 is 11.7. The predicted molar refractivity (Wildman–Crippen MR) is 89.6 cm³/mol. The van der Waals surface area contributed by atoms with E-state index in [9.17, 15) is 9.59 Å². The van der Waals surface area contributed by atoms with Gasteiger partial charge in [0.05, 0.1) is 10.0 Å². The summed E-state index contributed by atoms with van der Waals surface area (Å²) in [7, 11) is 0. The van der Waals surface area contributed by atoms with Crippen molar-refractivity contribution in [1.82, 2.24) is 0 Å². The van der Waals surface area contributed by atoms with Crippen molar-refractivity contribution < 1.29 is 9.59 Å². The first-order valence-corrected chi connectivity index (χ1v) is 7.26. The second-order valence-electron chi connectivity index (χ2n) is 4.91. The minimum absolute atomic E-state index is 0.300. The topological polar surface area (TPSA) is 58.2 Å². The number of amides is 2. The average Bonchev–Trinajstić information content (AvgIpc) is 2.41. The minimum Gasteiger partial charge on any atom is -0.318 e. The first kappa shape index (κ1) is 16.3. The number of anilines is 2. The SMILES string of the molecule is Cc1cc(C)cc(NC(=O)C(=O)Nc2ccc(Cl)c(Cl)c2)c1. The molecule has 0 fully saturated rings. The Labute approximate surface area is 138 Å². The normalized spacial score (nSPS) is 10.2. The molecule has 0 saturated carbocycles. The maximum absolute atomic E-state index is 11.9. The monoisotopic (exact) mass is 336 g/mol. The van der Waals surface area contributed by atoms with Crippen LogP contribution in [0.15, 0.2) is 36.4 Å². The van der Waals surface area contributed by atoms with E-state index in [1.807, 2.05) is 19.9 Å². The summed E-state index contributed by atoms with van der Waals surface area (Å²) in [6.45, 7) is 3.83. The van der Waals surface area contributed by atoms with Gasteiger partial charge < -0.3 is 10.6 Å². The number of nitrogens with one attached hydrogen (secondary N) is 2. The number of hydrogen-bond donors (Lipinski definition) is 2. The second kappa shape index (κ2) is 6.81. The van der Waals surface area contributed by atoms with Crippen molar-refractivity contribution >= 4 is 46.4 Å². The highest BCUT2D eigenvalue weighted by Gasteiger charge is 2.14. The summed E-state index contributed by atoms with van der Waals surface area (Å²) in [5.74, 6) is -1.53. The highest BCUT2D eigenvalue weighted by Crippen LogP contribution is 2.25. The van der Waals surface area contributed by atoms with Crippen molar-refractivity contribution in [2.45, 2.75) is 13.8 Å². The molecule has 0 heterocycles. The van der Waals surface area contributed by atoms with E-state index in [0.29, 0.717) is 21.4 Å². The molecule has 22 heavy (non-hydrogen) atoms. The Morgan fingerprint density at radius 1 is 0.773 bits per heavy atom. The van der Waals surface area contributed by atoms with Gasteiger partial charge in [0.15, 0.2) is 0 Å². The molecule has 0 bridgehead atoms. The van der Waals surface area contributed by atoms with Gasteiger partial charge in [0.25, 0.3) is 0 Å². The van der Waals surface area contributed by atoms with Gasteiger partial charge in [-0.15, -0.1) is 0 Å². The number of halogens is 2. The van der Waals surface area contributed by atoms with Gasteiger partial charge in [-0.3, -0.25) is 9.59 Å². The van der Waals surface area contributed by atoms with Crippen LogP contribution < -0.4 is 10.6 Å². The number of hydrogen-bond acceptors (Lipinski definition) is 2. The quantitative estimate of drug-likeness (QED) is 0.808. The van der Waals surface area contributed by atoms with Gasteiger partial charge in [0.1, 0.15) is 0 Å². The third-order valence-corrected chi connectivity index (χ3v) is 3.60. The third kappa shape index (κ3) is 4.23. The highest BCUT2D eigenvalue weighted by molar-refractivity contribution is 6.44. The molecule has 0 aliphatic carbocycles. The molecule has 0 atom stereocenters. The van der Waals surface area contributed by atoms with E-state index >= 15 is 0 Å². The van der Waals surface area contributed by atoms with Crippen LogP contribution in [0.5, 0.6) is 0 Å². The van der Waals surface area contributed by atoms with Crippen LogP contribution in [0.3, 0.4) is 0 Å². The van der Waals surface area contributed by atoms with E-state index in [2.05, 4.69) is 10.6 Å². The molecule has 0 spiro atoms. The first-order valence-electron chi connectivity index (χ1n) is 6.51. The van der Waals surface area contributed by atoms with Gasteiger partial charge in [-0.25, -0.2) is 0 Å². The molecule has 0 aromatic heterocycles. The molecule has 0 aliphatic rings. The van der Waals surface area contributed by atoms with Crippen molar-refractivity contribution in [1.29, 1.82) is 0 Å². The molecule has 0 unspecified atom stereocenters. The van der Waals surface area contributed by atoms with E-state index in [-0.39, 0.29) is 0 Å². The third-order valence-electron chi connectivity index (χ3n) is 2.86. The lowest BCUT2D eigenvalue weighted by molar-refractivity contribution is -0.132. The van der Waals surface area contributed by atoms with Crippen molar-refractivity contribution in [3.05, 3.63) is 57.6 Å². The average molecular weight is 337 g/mol. The fraction of sp³-hybridized carbons (Fsp3) is 0.125. The van der Waals surface area contributed by atoms with Crippen LogP contribution in [0.2, 0.25) is 10.0 Å². The van der Waals surface area contributed by atoms with Gasteiger partial charge in [-0.05, 0) is 55.3 Å². The smallest absolute Gasteiger partial charge is 0.314 e. The van der Waals surface area contributed by atoms with E-state index in [1.165, 1.54) is 6.07 Å². The van der Waals surface area contributed by atoms with Crippen LogP contribution in [0.1, 0.15) is 11.1 Å². The summed E-state index contributed by atoms with van der Waals surface area (Å²) < 4.78 is 0. The van der Waals surface area contributed by atoms with Crippen molar-refractivity contribution in [3.63, 3.8) is 0 Å². The highest BCUT2D eigenvalue weighted by atomic mass is 35.5. The zero-order valence-electron chi connectivity index (χ0n) is 12.0. The Balaban J connectivity index is 2.05. The predicted octanol–water partition coefficient (Wildman–Crippen LogP) is 4.19. The molecule has 2 aromatic carbocycles. The Morgan fingerprint density at radius 3 is 1.86 bits per heavy atom. The van der Waals surface area contributed by atoms with E-state index in [4.69, 9.17) is 23.2 Å². The van der Waals surface area contributed by atoms with Gasteiger partial charge in [0, 0.05) is 11.4 Å². The lowest BCUT2D eigenvalue weighted by atomic mass is 10.1. The molecule has 0 radical (unpaired) electrons. The molecule has 114 valence electrons. The van der Waals surface area contributed by atoms with Gasteiger partial charge in [-0.1, -0.05) is 29.3 Å². The fourth-order valence-electron chi connectivity index (χ4n) is 2.00. The molecule has 0 aliphatic heterocycles. The fourth-order valence-corrected chi connectivity index (χ4v) is 2.29. The van der Waals surface area contributed by atoms with Gasteiger partial charge in [0.2, 0.25) is 0 Å². The zero-order valence-corrected chi connectivity index (χ0v) is 13.5. The minimum atomic E-state index is -0.780.